The molecule has 2 heterocycles. The molecule has 3 aromatic rings. The first-order chi connectivity index (χ1) is 22.6. The number of carbonyl (C=O) groups is 1. The van der Waals surface area contributed by atoms with Gasteiger partial charge in [0, 0.05) is 36.2 Å². The lowest BCUT2D eigenvalue weighted by Crippen LogP contribution is -2.61. The van der Waals surface area contributed by atoms with Crippen LogP contribution in [-0.4, -0.2) is 46.2 Å². The molecular weight excluding hydrogens is 586 g/mol. The molecule has 252 valence electrons. The number of hydrogen-bond donors (Lipinski definition) is 3. The maximum Gasteiger partial charge on any atom is 0.237 e. The molecule has 1 aliphatic carbocycles. The molecule has 7 heteroatoms. The molecule has 2 saturated heterocycles. The van der Waals surface area contributed by atoms with Gasteiger partial charge in [-0.1, -0.05) is 92.6 Å². The number of nitrogens with one attached hydrogen (secondary N) is 1. The number of ether oxygens (including phenoxy) is 2. The molecule has 6 rings (SSSR count). The van der Waals surface area contributed by atoms with Gasteiger partial charge in [-0.15, -0.1) is 0 Å². The average Bonchev–Trinajstić information content (AvgIpc) is 3.08. The van der Waals surface area contributed by atoms with Crippen molar-refractivity contribution in [1.82, 2.24) is 10.2 Å². The van der Waals surface area contributed by atoms with Crippen molar-refractivity contribution >= 4 is 5.91 Å². The lowest BCUT2D eigenvalue weighted by atomic mass is 9.75. The van der Waals surface area contributed by atoms with Gasteiger partial charge >= 0.3 is 0 Å². The summed E-state index contributed by atoms with van der Waals surface area (Å²) in [5, 5.41) is 13.0. The minimum absolute atomic E-state index is 0.00485. The number of hydrogen-bond acceptors (Lipinski definition) is 6. The van der Waals surface area contributed by atoms with Gasteiger partial charge in [0.1, 0.15) is 0 Å². The van der Waals surface area contributed by atoms with Crippen LogP contribution in [0.4, 0.5) is 0 Å². The van der Waals surface area contributed by atoms with Gasteiger partial charge in [0.2, 0.25) is 5.91 Å². The third kappa shape index (κ3) is 7.65. The molecule has 7 atom stereocenters. The van der Waals surface area contributed by atoms with Gasteiger partial charge in [-0.25, -0.2) is 0 Å². The van der Waals surface area contributed by atoms with Crippen LogP contribution in [0.1, 0.15) is 101 Å². The van der Waals surface area contributed by atoms with Gasteiger partial charge in [0.25, 0.3) is 0 Å². The van der Waals surface area contributed by atoms with Crippen molar-refractivity contribution in [3.63, 3.8) is 0 Å². The monoisotopic (exact) mass is 639 g/mol. The van der Waals surface area contributed by atoms with E-state index >= 15 is 0 Å². The fraction of sp³-hybridized carbons (Fsp3) is 0.525. The van der Waals surface area contributed by atoms with Gasteiger partial charge in [0.15, 0.2) is 6.29 Å². The summed E-state index contributed by atoms with van der Waals surface area (Å²) in [7, 11) is 0. The molecule has 3 aromatic carbocycles. The Labute approximate surface area is 280 Å². The number of fused-ring (bicyclic) bond motifs is 1. The summed E-state index contributed by atoms with van der Waals surface area (Å²) in [6.45, 7) is 9.55. The lowest BCUT2D eigenvalue weighted by Gasteiger charge is -2.51. The zero-order valence-electron chi connectivity index (χ0n) is 28.5. The first kappa shape index (κ1) is 33.8. The van der Waals surface area contributed by atoms with Crippen molar-refractivity contribution in [3.05, 3.63) is 95.1 Å². The highest BCUT2D eigenvalue weighted by atomic mass is 16.7. The summed E-state index contributed by atoms with van der Waals surface area (Å²) >= 11 is 0. The van der Waals surface area contributed by atoms with Crippen LogP contribution in [0.3, 0.4) is 0 Å². The highest BCUT2D eigenvalue weighted by molar-refractivity contribution is 5.82. The van der Waals surface area contributed by atoms with Crippen molar-refractivity contribution in [1.29, 1.82) is 0 Å². The zero-order chi connectivity index (χ0) is 33.1. The molecule has 7 nitrogen and oxygen atoms in total. The Bertz CT molecular complexity index is 1480. The van der Waals surface area contributed by atoms with Crippen LogP contribution in [-0.2, 0) is 27.4 Å². The number of aliphatic hydroxyl groups excluding tert-OH is 1. The smallest absolute Gasteiger partial charge is 0.237 e. The Morgan fingerprint density at radius 2 is 1.62 bits per heavy atom. The van der Waals surface area contributed by atoms with E-state index in [1.54, 1.807) is 0 Å². The molecule has 0 spiro atoms. The third-order valence-corrected chi connectivity index (χ3v) is 10.6. The number of likely N-dealkylation sites (tertiary alicyclic amines) is 1. The Hall–Kier alpha value is -3.07. The highest BCUT2D eigenvalue weighted by Gasteiger charge is 2.46. The van der Waals surface area contributed by atoms with Crippen molar-refractivity contribution in [2.24, 2.45) is 17.6 Å². The van der Waals surface area contributed by atoms with Gasteiger partial charge in [-0.3, -0.25) is 9.69 Å². The first-order valence-electron chi connectivity index (χ1n) is 17.6. The zero-order valence-corrected chi connectivity index (χ0v) is 28.5. The van der Waals surface area contributed by atoms with Crippen LogP contribution in [0.15, 0.2) is 72.8 Å². The largest absolute Gasteiger partial charge is 0.392 e. The summed E-state index contributed by atoms with van der Waals surface area (Å²) in [5.74, 6) is 0.790. The molecule has 3 aliphatic rings. The fourth-order valence-corrected chi connectivity index (χ4v) is 8.06. The van der Waals surface area contributed by atoms with Crippen LogP contribution in [0.2, 0.25) is 0 Å². The normalized spacial score (nSPS) is 28.4. The molecule has 3 fully saturated rings. The molecule has 47 heavy (non-hydrogen) atoms. The molecule has 4 N–H and O–H groups in total. The Kier molecular flexibility index (Phi) is 10.5. The van der Waals surface area contributed by atoms with Crippen LogP contribution < -0.4 is 11.1 Å². The number of rotatable bonds is 8. The molecule has 2 aliphatic heterocycles. The predicted molar refractivity (Wildman–Crippen MR) is 186 cm³/mol. The Morgan fingerprint density at radius 3 is 2.32 bits per heavy atom. The summed E-state index contributed by atoms with van der Waals surface area (Å²) < 4.78 is 13.7. The van der Waals surface area contributed by atoms with Crippen LogP contribution >= 0.6 is 0 Å². The van der Waals surface area contributed by atoms with Gasteiger partial charge in [0.05, 0.1) is 24.9 Å². The minimum atomic E-state index is -0.564. The fourth-order valence-electron chi connectivity index (χ4n) is 8.06. The third-order valence-electron chi connectivity index (χ3n) is 10.6. The Balaban J connectivity index is 1.31. The maximum atomic E-state index is 13.8. The molecule has 1 amide bonds. The van der Waals surface area contributed by atoms with Crippen molar-refractivity contribution in [2.45, 2.75) is 115 Å². The molecule has 0 aromatic heterocycles. The SMILES string of the molecule is CC1C(CN2C(C(=O)NC(C)(C)C)CCC3CCCCC32)OC(c2ccc(-c3ccccc3CN)cc2)OC1c1ccc(CO)cc1. The second-order valence-corrected chi connectivity index (χ2v) is 14.9. The number of piperidine rings is 1. The first-order valence-corrected chi connectivity index (χ1v) is 17.6. The van der Waals surface area contributed by atoms with Crippen LogP contribution in [0, 0.1) is 11.8 Å². The van der Waals surface area contributed by atoms with Gasteiger partial charge < -0.3 is 25.6 Å². The Morgan fingerprint density at radius 1 is 0.915 bits per heavy atom. The molecular formula is C40H53N3O4. The minimum Gasteiger partial charge on any atom is -0.392 e. The van der Waals surface area contributed by atoms with E-state index in [9.17, 15) is 9.90 Å². The van der Waals surface area contributed by atoms with Crippen molar-refractivity contribution in [3.8, 4) is 11.1 Å². The van der Waals surface area contributed by atoms with E-state index in [0.29, 0.717) is 25.0 Å². The number of nitrogens with two attached hydrogens (primary N) is 1. The quantitative estimate of drug-likeness (QED) is 0.245. The topological polar surface area (TPSA) is 97.1 Å². The molecule has 7 unspecified atom stereocenters. The average molecular weight is 640 g/mol. The standard InChI is InChI=1S/C40H53N3O4/c1-26-36(24-43-34-12-8-6-9-29(34)21-22-35(43)38(45)42-40(2,3)4)46-39(47-37(26)30-15-13-27(25-44)14-16-30)31-19-17-28(18-20-31)33-11-7-5-10-32(33)23-41/h5,7,10-11,13-20,26,29,34-37,39,44H,6,8-9,12,21-25,41H2,1-4H3,(H,42,45). The van der Waals surface area contributed by atoms with E-state index in [1.807, 2.05) is 24.3 Å². The number of nitrogens with zero attached hydrogens (tertiary/aromatic N) is 1. The van der Waals surface area contributed by atoms with E-state index in [1.165, 1.54) is 19.3 Å². The van der Waals surface area contributed by atoms with E-state index in [-0.39, 0.29) is 42.2 Å². The molecule has 1 saturated carbocycles. The van der Waals surface area contributed by atoms with E-state index in [0.717, 1.165) is 52.6 Å². The number of amides is 1. The van der Waals surface area contributed by atoms with Gasteiger partial charge in [-0.05, 0) is 80.2 Å². The summed E-state index contributed by atoms with van der Waals surface area (Å²) in [6, 6.07) is 25.0. The van der Waals surface area contributed by atoms with E-state index in [2.05, 4.69) is 86.4 Å². The number of benzene rings is 3. The second kappa shape index (κ2) is 14.6. The highest BCUT2D eigenvalue weighted by Crippen LogP contribution is 2.44. The summed E-state index contributed by atoms with van der Waals surface area (Å²) in [6.07, 6.45) is 5.90. The molecule has 0 radical (unpaired) electrons. The lowest BCUT2D eigenvalue weighted by molar-refractivity contribution is -0.278. The van der Waals surface area contributed by atoms with E-state index in [4.69, 9.17) is 15.2 Å². The van der Waals surface area contributed by atoms with Crippen molar-refractivity contribution < 1.29 is 19.4 Å². The van der Waals surface area contributed by atoms with Gasteiger partial charge in [-0.2, -0.15) is 0 Å². The number of carbonyl (C=O) groups excluding carboxylic acids is 1. The summed E-state index contributed by atoms with van der Waals surface area (Å²) in [4.78, 5) is 16.3. The van der Waals surface area contributed by atoms with Crippen LogP contribution in [0.25, 0.3) is 11.1 Å². The summed E-state index contributed by atoms with van der Waals surface area (Å²) in [5.41, 5.74) is 12.0. The van der Waals surface area contributed by atoms with Crippen LogP contribution in [0.5, 0.6) is 0 Å². The van der Waals surface area contributed by atoms with E-state index < -0.39 is 6.29 Å². The maximum absolute atomic E-state index is 13.8. The predicted octanol–water partition coefficient (Wildman–Crippen LogP) is 7.03. The molecule has 0 bridgehead atoms. The van der Waals surface area contributed by atoms with Crippen molar-refractivity contribution in [2.75, 3.05) is 6.54 Å². The number of aliphatic hydroxyl groups is 1. The second-order valence-electron chi connectivity index (χ2n) is 14.9.